The molecule has 0 aromatic heterocycles. The van der Waals surface area contributed by atoms with Gasteiger partial charge in [0.1, 0.15) is 5.75 Å². The summed E-state index contributed by atoms with van der Waals surface area (Å²) in [4.78, 5) is 14.5. The van der Waals surface area contributed by atoms with E-state index in [1.165, 1.54) is 24.1 Å². The first kappa shape index (κ1) is 23.2. The maximum absolute atomic E-state index is 13.0. The molecule has 0 bridgehead atoms. The molecule has 0 radical (unpaired) electrons. The predicted molar refractivity (Wildman–Crippen MR) is 112 cm³/mol. The zero-order valence-electron chi connectivity index (χ0n) is 16.9. The fourth-order valence-corrected chi connectivity index (χ4v) is 4.00. The van der Waals surface area contributed by atoms with Crippen molar-refractivity contribution in [2.45, 2.75) is 18.4 Å². The van der Waals surface area contributed by atoms with Crippen LogP contribution >= 0.6 is 11.6 Å². The van der Waals surface area contributed by atoms with Gasteiger partial charge in [-0.1, -0.05) is 17.7 Å². The lowest BCUT2D eigenvalue weighted by molar-refractivity contribution is 0.0783. The Hall–Kier alpha value is -2.13. The van der Waals surface area contributed by atoms with Crippen LogP contribution in [0.5, 0.6) is 5.75 Å². The van der Waals surface area contributed by atoms with Gasteiger partial charge >= 0.3 is 0 Å². The molecule has 1 amide bonds. The Balaban J connectivity index is 2.27. The first-order valence-corrected chi connectivity index (χ1v) is 10.7. The average molecular weight is 441 g/mol. The first-order chi connectivity index (χ1) is 13.7. The summed E-state index contributed by atoms with van der Waals surface area (Å²) in [5.41, 5.74) is 1.73. The number of methoxy groups -OCH3 is 2. The van der Waals surface area contributed by atoms with Crippen LogP contribution in [0.4, 0.5) is 0 Å². The summed E-state index contributed by atoms with van der Waals surface area (Å²) in [5.74, 6) is 0.308. The highest BCUT2D eigenvalue weighted by molar-refractivity contribution is 7.89. The average Bonchev–Trinajstić information content (AvgIpc) is 2.68. The van der Waals surface area contributed by atoms with Crippen LogP contribution in [0.15, 0.2) is 41.3 Å². The van der Waals surface area contributed by atoms with Crippen LogP contribution in [0.2, 0.25) is 5.02 Å². The molecular weight excluding hydrogens is 416 g/mol. The lowest BCUT2D eigenvalue weighted by Gasteiger charge is -2.20. The third kappa shape index (κ3) is 5.93. The molecule has 0 heterocycles. The number of halogens is 1. The number of amides is 1. The van der Waals surface area contributed by atoms with Crippen molar-refractivity contribution in [2.24, 2.45) is 0 Å². The maximum atomic E-state index is 13.0. The summed E-state index contributed by atoms with van der Waals surface area (Å²) in [6, 6.07) is 9.66. The van der Waals surface area contributed by atoms with Crippen molar-refractivity contribution in [3.8, 4) is 5.75 Å². The number of ether oxygens (including phenoxy) is 2. The topological polar surface area (TPSA) is 84.9 Å². The quantitative estimate of drug-likeness (QED) is 0.606. The van der Waals surface area contributed by atoms with Crippen LogP contribution in [-0.2, 0) is 21.3 Å². The Morgan fingerprint density at radius 3 is 2.55 bits per heavy atom. The SMILES string of the molecule is COCCNS(=O)(=O)c1ccc(C)c(C(=O)N(C)Cc2cc(Cl)ccc2OC)c1. The minimum absolute atomic E-state index is 0.0243. The standard InChI is InChI=1S/C20H25ClN2O5S/c1-14-5-7-17(29(25,26)22-9-10-27-3)12-18(14)20(24)23(2)13-15-11-16(21)6-8-19(15)28-4/h5-8,11-12,22H,9-10,13H2,1-4H3. The molecule has 0 unspecified atom stereocenters. The highest BCUT2D eigenvalue weighted by Crippen LogP contribution is 2.25. The summed E-state index contributed by atoms with van der Waals surface area (Å²) >= 11 is 6.06. The Bertz CT molecular complexity index is 979. The van der Waals surface area contributed by atoms with E-state index in [2.05, 4.69) is 4.72 Å². The molecule has 0 saturated heterocycles. The number of aryl methyl sites for hydroxylation is 1. The number of hydrogen-bond donors (Lipinski definition) is 1. The van der Waals surface area contributed by atoms with E-state index < -0.39 is 10.0 Å². The Morgan fingerprint density at radius 2 is 1.90 bits per heavy atom. The minimum Gasteiger partial charge on any atom is -0.496 e. The second-order valence-electron chi connectivity index (χ2n) is 6.48. The summed E-state index contributed by atoms with van der Waals surface area (Å²) in [6.07, 6.45) is 0. The molecule has 0 spiro atoms. The van der Waals surface area contributed by atoms with Crippen molar-refractivity contribution in [2.75, 3.05) is 34.4 Å². The molecule has 0 aliphatic heterocycles. The molecule has 29 heavy (non-hydrogen) atoms. The molecule has 158 valence electrons. The van der Waals surface area contributed by atoms with Gasteiger partial charge in [-0.05, 0) is 42.8 Å². The van der Waals surface area contributed by atoms with Crippen LogP contribution in [0.3, 0.4) is 0 Å². The lowest BCUT2D eigenvalue weighted by atomic mass is 10.1. The van der Waals surface area contributed by atoms with E-state index in [1.807, 2.05) is 0 Å². The number of benzene rings is 2. The van der Waals surface area contributed by atoms with Crippen LogP contribution in [-0.4, -0.2) is 53.6 Å². The molecule has 2 aromatic rings. The van der Waals surface area contributed by atoms with Crippen LogP contribution in [0.25, 0.3) is 0 Å². The van der Waals surface area contributed by atoms with Gasteiger partial charge < -0.3 is 14.4 Å². The molecule has 2 rings (SSSR count). The van der Waals surface area contributed by atoms with Gasteiger partial charge in [-0.2, -0.15) is 0 Å². The van der Waals surface area contributed by atoms with Crippen LogP contribution in [0.1, 0.15) is 21.5 Å². The Kier molecular flexibility index (Phi) is 8.04. The van der Waals surface area contributed by atoms with Gasteiger partial charge in [0, 0.05) is 43.4 Å². The summed E-state index contributed by atoms with van der Waals surface area (Å²) in [6.45, 7) is 2.41. The molecule has 1 N–H and O–H groups in total. The van der Waals surface area contributed by atoms with E-state index in [0.717, 1.165) is 5.56 Å². The van der Waals surface area contributed by atoms with Gasteiger partial charge in [0.2, 0.25) is 10.0 Å². The molecule has 2 aromatic carbocycles. The van der Waals surface area contributed by atoms with Gasteiger partial charge in [-0.15, -0.1) is 0 Å². The van der Waals surface area contributed by atoms with Crippen molar-refractivity contribution in [3.63, 3.8) is 0 Å². The van der Waals surface area contributed by atoms with Crippen molar-refractivity contribution in [1.29, 1.82) is 0 Å². The molecule has 0 aliphatic rings. The third-order valence-electron chi connectivity index (χ3n) is 4.34. The van der Waals surface area contributed by atoms with E-state index in [4.69, 9.17) is 21.1 Å². The second-order valence-corrected chi connectivity index (χ2v) is 8.69. The smallest absolute Gasteiger partial charge is 0.254 e. The van der Waals surface area contributed by atoms with Crippen LogP contribution in [0, 0.1) is 6.92 Å². The van der Waals surface area contributed by atoms with Crippen LogP contribution < -0.4 is 9.46 Å². The molecule has 0 fully saturated rings. The van der Waals surface area contributed by atoms with Gasteiger partial charge in [0.15, 0.2) is 0 Å². The number of carbonyl (C=O) groups excluding carboxylic acids is 1. The van der Waals surface area contributed by atoms with Gasteiger partial charge in [-0.3, -0.25) is 4.79 Å². The van der Waals surface area contributed by atoms with Crippen molar-refractivity contribution >= 4 is 27.5 Å². The molecule has 0 saturated carbocycles. The second kappa shape index (κ2) is 10.1. The highest BCUT2D eigenvalue weighted by Gasteiger charge is 2.20. The molecule has 9 heteroatoms. The highest BCUT2D eigenvalue weighted by atomic mass is 35.5. The molecule has 0 atom stereocenters. The fraction of sp³-hybridized carbons (Fsp3) is 0.350. The third-order valence-corrected chi connectivity index (χ3v) is 6.04. The van der Waals surface area contributed by atoms with Gasteiger partial charge in [0.05, 0.1) is 18.6 Å². The van der Waals surface area contributed by atoms with E-state index in [1.54, 1.807) is 45.3 Å². The van der Waals surface area contributed by atoms with E-state index in [-0.39, 0.29) is 30.5 Å². The zero-order chi connectivity index (χ0) is 21.6. The van der Waals surface area contributed by atoms with Gasteiger partial charge in [-0.25, -0.2) is 13.1 Å². The minimum atomic E-state index is -3.74. The van der Waals surface area contributed by atoms with E-state index in [9.17, 15) is 13.2 Å². The molecule has 0 aliphatic carbocycles. The Labute approximate surface area is 176 Å². The first-order valence-electron chi connectivity index (χ1n) is 8.86. The number of nitrogens with zero attached hydrogens (tertiary/aromatic N) is 1. The van der Waals surface area contributed by atoms with E-state index >= 15 is 0 Å². The van der Waals surface area contributed by atoms with Gasteiger partial charge in [0.25, 0.3) is 5.91 Å². The number of rotatable bonds is 9. The van der Waals surface area contributed by atoms with E-state index in [0.29, 0.717) is 21.9 Å². The Morgan fingerprint density at radius 1 is 1.17 bits per heavy atom. The number of nitrogens with one attached hydrogen (secondary N) is 1. The molecule has 7 nitrogen and oxygen atoms in total. The fourth-order valence-electron chi connectivity index (χ4n) is 2.76. The normalized spacial score (nSPS) is 11.3. The van der Waals surface area contributed by atoms with Crippen molar-refractivity contribution in [1.82, 2.24) is 9.62 Å². The monoisotopic (exact) mass is 440 g/mol. The maximum Gasteiger partial charge on any atom is 0.254 e. The zero-order valence-corrected chi connectivity index (χ0v) is 18.4. The van der Waals surface area contributed by atoms with Crippen molar-refractivity contribution < 1.29 is 22.7 Å². The number of hydrogen-bond acceptors (Lipinski definition) is 5. The summed E-state index contributed by atoms with van der Waals surface area (Å²) < 4.78 is 37.5. The lowest BCUT2D eigenvalue weighted by Crippen LogP contribution is -2.29. The van der Waals surface area contributed by atoms with Crippen molar-refractivity contribution in [3.05, 3.63) is 58.1 Å². The molecular formula is C20H25ClN2O5S. The predicted octanol–water partition coefficient (Wildman–Crippen LogP) is 2.85. The number of carbonyl (C=O) groups is 1. The summed E-state index contributed by atoms with van der Waals surface area (Å²) in [5, 5.41) is 0.535. The largest absolute Gasteiger partial charge is 0.496 e. The summed E-state index contributed by atoms with van der Waals surface area (Å²) in [7, 11) is 0.928. The number of sulfonamides is 1.